The summed E-state index contributed by atoms with van der Waals surface area (Å²) in [6.07, 6.45) is 3.15. The maximum atomic E-state index is 12.1. The molecular weight excluding hydrogens is 274 g/mol. The summed E-state index contributed by atoms with van der Waals surface area (Å²) in [5.74, 6) is -0.0995. The molecule has 0 saturated carbocycles. The van der Waals surface area contributed by atoms with Gasteiger partial charge >= 0.3 is 0 Å². The molecule has 1 heterocycles. The summed E-state index contributed by atoms with van der Waals surface area (Å²) in [6, 6.07) is 1.63. The number of halogens is 1. The lowest BCUT2D eigenvalue weighted by molar-refractivity contribution is 0.0716. The van der Waals surface area contributed by atoms with Crippen molar-refractivity contribution in [1.82, 2.24) is 4.90 Å². The van der Waals surface area contributed by atoms with Gasteiger partial charge in [0.15, 0.2) is 4.67 Å². The van der Waals surface area contributed by atoms with Crippen LogP contribution in [0.15, 0.2) is 34.1 Å². The van der Waals surface area contributed by atoms with Gasteiger partial charge < -0.3 is 14.1 Å². The molecule has 0 aliphatic carbocycles. The third kappa shape index (κ3) is 3.21. The second-order valence-electron chi connectivity index (χ2n) is 3.14. The maximum Gasteiger partial charge on any atom is 0.258 e. The van der Waals surface area contributed by atoms with Gasteiger partial charge in [-0.25, -0.2) is 0 Å². The summed E-state index contributed by atoms with van der Waals surface area (Å²) in [5, 5.41) is 0. The fourth-order valence-electron chi connectivity index (χ4n) is 1.25. The van der Waals surface area contributed by atoms with E-state index in [1.165, 1.54) is 6.26 Å². The van der Waals surface area contributed by atoms with Crippen molar-refractivity contribution >= 4 is 21.8 Å². The molecule has 1 aromatic heterocycles. The first-order valence-corrected chi connectivity index (χ1v) is 5.62. The smallest absolute Gasteiger partial charge is 0.258 e. The minimum Gasteiger partial charge on any atom is -0.457 e. The molecule has 0 radical (unpaired) electrons. The van der Waals surface area contributed by atoms with Crippen LogP contribution in [-0.2, 0) is 4.74 Å². The zero-order valence-corrected chi connectivity index (χ0v) is 10.7. The van der Waals surface area contributed by atoms with Crippen molar-refractivity contribution in [2.75, 3.05) is 26.8 Å². The van der Waals surface area contributed by atoms with Crippen molar-refractivity contribution in [3.8, 4) is 0 Å². The Morgan fingerprint density at radius 2 is 2.50 bits per heavy atom. The Bertz CT molecular complexity index is 362. The Kier molecular flexibility index (Phi) is 5.28. The molecule has 1 rings (SSSR count). The molecule has 88 valence electrons. The van der Waals surface area contributed by atoms with Gasteiger partial charge in [-0.05, 0) is 22.0 Å². The van der Waals surface area contributed by atoms with Gasteiger partial charge in [-0.3, -0.25) is 4.79 Å². The van der Waals surface area contributed by atoms with Crippen molar-refractivity contribution in [2.24, 2.45) is 0 Å². The van der Waals surface area contributed by atoms with Gasteiger partial charge in [0.1, 0.15) is 0 Å². The number of ether oxygens (including phenoxy) is 1. The molecule has 0 fully saturated rings. The zero-order chi connectivity index (χ0) is 12.0. The molecule has 0 N–H and O–H groups in total. The van der Waals surface area contributed by atoms with E-state index in [0.717, 1.165) is 0 Å². The number of carbonyl (C=O) groups excluding carboxylic acids is 1. The predicted octanol–water partition coefficient (Wildman–Crippen LogP) is 2.32. The third-order valence-electron chi connectivity index (χ3n) is 2.05. The van der Waals surface area contributed by atoms with Crippen molar-refractivity contribution in [3.63, 3.8) is 0 Å². The number of hydrogen-bond acceptors (Lipinski definition) is 3. The van der Waals surface area contributed by atoms with E-state index in [4.69, 9.17) is 9.15 Å². The van der Waals surface area contributed by atoms with Crippen LogP contribution in [0.1, 0.15) is 10.4 Å². The van der Waals surface area contributed by atoms with Crippen LogP contribution < -0.4 is 0 Å². The number of hydrogen-bond donors (Lipinski definition) is 0. The molecule has 0 aliphatic rings. The van der Waals surface area contributed by atoms with Crippen LogP contribution in [0.25, 0.3) is 0 Å². The average molecular weight is 288 g/mol. The van der Waals surface area contributed by atoms with Crippen LogP contribution in [0.5, 0.6) is 0 Å². The second kappa shape index (κ2) is 6.50. The molecule has 4 nitrogen and oxygen atoms in total. The van der Waals surface area contributed by atoms with Gasteiger partial charge in [-0.1, -0.05) is 6.08 Å². The van der Waals surface area contributed by atoms with Crippen LogP contribution in [0, 0.1) is 0 Å². The molecular formula is C11H14BrNO3. The summed E-state index contributed by atoms with van der Waals surface area (Å²) in [4.78, 5) is 13.7. The standard InChI is InChI=1S/C11H14BrNO3/c1-3-5-13(6-8-15-2)11(14)9-4-7-16-10(9)12/h3-4,7H,1,5-6,8H2,2H3. The Morgan fingerprint density at radius 3 is 3.00 bits per heavy atom. The fourth-order valence-corrected chi connectivity index (χ4v) is 1.66. The molecule has 0 unspecified atom stereocenters. The van der Waals surface area contributed by atoms with Gasteiger partial charge in [0.25, 0.3) is 5.91 Å². The minimum atomic E-state index is -0.0995. The van der Waals surface area contributed by atoms with Crippen LogP contribution in [0.4, 0.5) is 0 Å². The summed E-state index contributed by atoms with van der Waals surface area (Å²) in [7, 11) is 1.60. The van der Waals surface area contributed by atoms with E-state index in [-0.39, 0.29) is 5.91 Å². The Morgan fingerprint density at radius 1 is 1.75 bits per heavy atom. The zero-order valence-electron chi connectivity index (χ0n) is 9.11. The Balaban J connectivity index is 2.74. The van der Waals surface area contributed by atoms with Crippen LogP contribution in [-0.4, -0.2) is 37.6 Å². The van der Waals surface area contributed by atoms with Crippen molar-refractivity contribution in [2.45, 2.75) is 0 Å². The molecule has 0 atom stereocenters. The molecule has 16 heavy (non-hydrogen) atoms. The van der Waals surface area contributed by atoms with Gasteiger partial charge in [0, 0.05) is 20.2 Å². The van der Waals surface area contributed by atoms with Gasteiger partial charge in [-0.15, -0.1) is 6.58 Å². The maximum absolute atomic E-state index is 12.1. The topological polar surface area (TPSA) is 42.7 Å². The van der Waals surface area contributed by atoms with Gasteiger partial charge in [-0.2, -0.15) is 0 Å². The quantitative estimate of drug-likeness (QED) is 0.754. The van der Waals surface area contributed by atoms with Gasteiger partial charge in [0.2, 0.25) is 0 Å². The summed E-state index contributed by atoms with van der Waals surface area (Å²) in [5.41, 5.74) is 0.512. The number of methoxy groups -OCH3 is 1. The number of amides is 1. The largest absolute Gasteiger partial charge is 0.457 e. The third-order valence-corrected chi connectivity index (χ3v) is 2.66. The van der Waals surface area contributed by atoms with Crippen LogP contribution in [0.2, 0.25) is 0 Å². The second-order valence-corrected chi connectivity index (χ2v) is 3.86. The highest BCUT2D eigenvalue weighted by Crippen LogP contribution is 2.19. The lowest BCUT2D eigenvalue weighted by Gasteiger charge is -2.19. The van der Waals surface area contributed by atoms with Crippen molar-refractivity contribution in [1.29, 1.82) is 0 Å². The predicted molar refractivity (Wildman–Crippen MR) is 64.4 cm³/mol. The van der Waals surface area contributed by atoms with E-state index < -0.39 is 0 Å². The highest BCUT2D eigenvalue weighted by atomic mass is 79.9. The molecule has 1 aromatic rings. The van der Waals surface area contributed by atoms with E-state index in [2.05, 4.69) is 22.5 Å². The van der Waals surface area contributed by atoms with E-state index in [0.29, 0.717) is 29.9 Å². The number of furan rings is 1. The Labute approximate surface area is 103 Å². The monoisotopic (exact) mass is 287 g/mol. The number of carbonyl (C=O) groups is 1. The first-order chi connectivity index (χ1) is 7.70. The summed E-state index contributed by atoms with van der Waals surface area (Å²) >= 11 is 3.18. The number of nitrogens with zero attached hydrogens (tertiary/aromatic N) is 1. The first kappa shape index (κ1) is 13.0. The van der Waals surface area contributed by atoms with E-state index in [1.54, 1.807) is 24.2 Å². The molecule has 0 aromatic carbocycles. The number of rotatable bonds is 6. The van der Waals surface area contributed by atoms with Gasteiger partial charge in [0.05, 0.1) is 18.4 Å². The minimum absolute atomic E-state index is 0.0995. The van der Waals surface area contributed by atoms with Crippen LogP contribution in [0.3, 0.4) is 0 Å². The highest BCUT2D eigenvalue weighted by molar-refractivity contribution is 9.10. The molecule has 0 saturated heterocycles. The lowest BCUT2D eigenvalue weighted by Crippen LogP contribution is -2.34. The molecule has 0 bridgehead atoms. The Hall–Kier alpha value is -1.07. The first-order valence-electron chi connectivity index (χ1n) is 4.82. The normalized spacial score (nSPS) is 10.1. The van der Waals surface area contributed by atoms with E-state index >= 15 is 0 Å². The van der Waals surface area contributed by atoms with E-state index in [9.17, 15) is 4.79 Å². The molecule has 0 aliphatic heterocycles. The summed E-state index contributed by atoms with van der Waals surface area (Å²) < 4.78 is 10.4. The SMILES string of the molecule is C=CCN(CCOC)C(=O)c1ccoc1Br. The molecule has 1 amide bonds. The molecule has 5 heteroatoms. The van der Waals surface area contributed by atoms with E-state index in [1.807, 2.05) is 0 Å². The van der Waals surface area contributed by atoms with Crippen molar-refractivity contribution in [3.05, 3.63) is 35.2 Å². The fraction of sp³-hybridized carbons (Fsp3) is 0.364. The summed E-state index contributed by atoms with van der Waals surface area (Å²) in [6.45, 7) is 5.13. The lowest BCUT2D eigenvalue weighted by atomic mass is 10.3. The van der Waals surface area contributed by atoms with Crippen LogP contribution >= 0.6 is 15.9 Å². The average Bonchev–Trinajstić information content (AvgIpc) is 2.69. The molecule has 0 spiro atoms. The van der Waals surface area contributed by atoms with Crippen molar-refractivity contribution < 1.29 is 13.9 Å². The highest BCUT2D eigenvalue weighted by Gasteiger charge is 2.18.